The van der Waals surface area contributed by atoms with E-state index in [9.17, 15) is 0 Å². The van der Waals surface area contributed by atoms with Crippen molar-refractivity contribution < 1.29 is 0 Å². The van der Waals surface area contributed by atoms with Gasteiger partial charge in [-0.1, -0.05) is 63.2 Å². The molecule has 0 N–H and O–H groups in total. The van der Waals surface area contributed by atoms with Gasteiger partial charge in [-0.25, -0.2) is 0 Å². The highest BCUT2D eigenvalue weighted by Crippen LogP contribution is 2.48. The van der Waals surface area contributed by atoms with E-state index < -0.39 is 0 Å². The third-order valence-corrected chi connectivity index (χ3v) is 9.28. The lowest BCUT2D eigenvalue weighted by atomic mass is 9.75. The molecule has 0 fully saturated rings. The van der Waals surface area contributed by atoms with Crippen molar-refractivity contribution in [2.75, 3.05) is 11.4 Å². The van der Waals surface area contributed by atoms with E-state index >= 15 is 0 Å². The smallest absolute Gasteiger partial charge is 0.0804 e. The molecule has 35 heavy (non-hydrogen) atoms. The second-order valence-electron chi connectivity index (χ2n) is 11.0. The van der Waals surface area contributed by atoms with Crippen LogP contribution in [0.2, 0.25) is 0 Å². The fraction of sp³-hybridized carbons (Fsp3) is 0.375. The topological polar surface area (TPSA) is 3.24 Å². The standard InChI is InChI=1S/C32H37NS2/c1-7-9-25-26-12-10-21(3)14-28(26)34-29(25)17-23-16-24(20-32(5,6)19-23)18-31-33(8-2)27-13-11-22(4)15-30(27)35-31/h10-18H,7-9,19-20H2,1-6H3/b23-17-,31-18-. The number of nitrogens with zero attached hydrogens (tertiary/aromatic N) is 1. The summed E-state index contributed by atoms with van der Waals surface area (Å²) in [6.07, 6.45) is 12.0. The van der Waals surface area contributed by atoms with Crippen molar-refractivity contribution >= 4 is 44.9 Å². The maximum atomic E-state index is 2.50. The van der Waals surface area contributed by atoms with Crippen molar-refractivity contribution in [3.63, 3.8) is 0 Å². The fourth-order valence-electron chi connectivity index (χ4n) is 5.57. The van der Waals surface area contributed by atoms with Gasteiger partial charge in [-0.05, 0) is 109 Å². The summed E-state index contributed by atoms with van der Waals surface area (Å²) >= 11 is 3.89. The molecular formula is C32H37NS2. The molecule has 2 aliphatic rings. The Labute approximate surface area is 219 Å². The Hall–Kier alpha value is -2.23. The molecule has 3 aromatic rings. The van der Waals surface area contributed by atoms with Gasteiger partial charge in [-0.2, -0.15) is 0 Å². The van der Waals surface area contributed by atoms with E-state index in [0.717, 1.165) is 25.8 Å². The molecule has 0 unspecified atom stereocenters. The molecule has 2 aromatic carbocycles. The van der Waals surface area contributed by atoms with Crippen LogP contribution in [0.25, 0.3) is 16.2 Å². The molecule has 0 atom stereocenters. The molecule has 0 spiro atoms. The lowest BCUT2D eigenvalue weighted by Crippen LogP contribution is -2.19. The third kappa shape index (κ3) is 5.04. The van der Waals surface area contributed by atoms with Crippen molar-refractivity contribution in [3.05, 3.63) is 86.3 Å². The predicted molar refractivity (Wildman–Crippen MR) is 158 cm³/mol. The van der Waals surface area contributed by atoms with Gasteiger partial charge in [0.05, 0.1) is 10.7 Å². The highest BCUT2D eigenvalue weighted by Gasteiger charge is 2.28. The molecule has 0 radical (unpaired) electrons. The Balaban J connectivity index is 1.54. The zero-order chi connectivity index (χ0) is 24.7. The second-order valence-corrected chi connectivity index (χ2v) is 13.1. The molecule has 0 saturated carbocycles. The van der Waals surface area contributed by atoms with Crippen LogP contribution in [0.3, 0.4) is 0 Å². The van der Waals surface area contributed by atoms with E-state index in [4.69, 9.17) is 0 Å². The van der Waals surface area contributed by atoms with E-state index in [1.807, 2.05) is 23.1 Å². The average molecular weight is 500 g/mol. The monoisotopic (exact) mass is 499 g/mol. The van der Waals surface area contributed by atoms with Gasteiger partial charge < -0.3 is 4.90 Å². The van der Waals surface area contributed by atoms with Crippen molar-refractivity contribution in [1.82, 2.24) is 0 Å². The van der Waals surface area contributed by atoms with Crippen molar-refractivity contribution in [2.24, 2.45) is 5.41 Å². The number of thioether (sulfide) groups is 1. The number of hydrogen-bond donors (Lipinski definition) is 0. The highest BCUT2D eigenvalue weighted by molar-refractivity contribution is 8.03. The Morgan fingerprint density at radius 3 is 2.51 bits per heavy atom. The number of hydrogen-bond acceptors (Lipinski definition) is 3. The van der Waals surface area contributed by atoms with Crippen LogP contribution < -0.4 is 4.90 Å². The molecule has 5 rings (SSSR count). The van der Waals surface area contributed by atoms with Crippen molar-refractivity contribution in [1.29, 1.82) is 0 Å². The molecule has 0 amide bonds. The maximum Gasteiger partial charge on any atom is 0.0804 e. The fourth-order valence-corrected chi connectivity index (χ4v) is 8.20. The number of rotatable bonds is 5. The Morgan fingerprint density at radius 1 is 0.971 bits per heavy atom. The second kappa shape index (κ2) is 9.67. The summed E-state index contributed by atoms with van der Waals surface area (Å²) in [4.78, 5) is 5.31. The average Bonchev–Trinajstić information content (AvgIpc) is 3.28. The van der Waals surface area contributed by atoms with Gasteiger partial charge in [0, 0.05) is 21.0 Å². The van der Waals surface area contributed by atoms with Crippen LogP contribution >= 0.6 is 23.1 Å². The van der Waals surface area contributed by atoms with Gasteiger partial charge in [0.15, 0.2) is 0 Å². The molecule has 3 heteroatoms. The Morgan fingerprint density at radius 2 is 1.74 bits per heavy atom. The largest absolute Gasteiger partial charge is 0.335 e. The SMILES string of the molecule is CCCc1c(/C=C2C=C(/C=C3\Sc4cc(C)ccc4N3CC)CC(C)(C)C/2)sc2cc(C)ccc12. The molecule has 2 heterocycles. The van der Waals surface area contributed by atoms with Crippen molar-refractivity contribution in [2.45, 2.75) is 72.1 Å². The quantitative estimate of drug-likeness (QED) is 0.343. The first kappa shape index (κ1) is 24.5. The summed E-state index contributed by atoms with van der Waals surface area (Å²) in [5.41, 5.74) is 8.74. The van der Waals surface area contributed by atoms with Crippen LogP contribution in [0.4, 0.5) is 5.69 Å². The molecular weight excluding hydrogens is 462 g/mol. The van der Waals surface area contributed by atoms with E-state index in [1.54, 1.807) is 0 Å². The van der Waals surface area contributed by atoms with Crippen LogP contribution in [-0.4, -0.2) is 6.54 Å². The molecule has 182 valence electrons. The Bertz CT molecular complexity index is 1370. The number of fused-ring (bicyclic) bond motifs is 2. The summed E-state index contributed by atoms with van der Waals surface area (Å²) in [6, 6.07) is 13.8. The van der Waals surface area contributed by atoms with Gasteiger partial charge in [0.2, 0.25) is 0 Å². The van der Waals surface area contributed by atoms with Crippen LogP contribution in [0.5, 0.6) is 0 Å². The lowest BCUT2D eigenvalue weighted by Gasteiger charge is -2.31. The summed E-state index contributed by atoms with van der Waals surface area (Å²) in [5, 5.41) is 2.81. The molecule has 1 aliphatic heterocycles. The number of allylic oxidation sites excluding steroid dienone is 4. The van der Waals surface area contributed by atoms with E-state index in [-0.39, 0.29) is 5.41 Å². The Kier molecular flexibility index (Phi) is 6.76. The first-order valence-corrected chi connectivity index (χ1v) is 14.6. The first-order valence-electron chi connectivity index (χ1n) is 13.0. The van der Waals surface area contributed by atoms with E-state index in [0.29, 0.717) is 0 Å². The molecule has 0 bridgehead atoms. The molecule has 1 nitrogen and oxygen atoms in total. The summed E-state index contributed by atoms with van der Waals surface area (Å²) < 4.78 is 1.43. The minimum Gasteiger partial charge on any atom is -0.335 e. The minimum absolute atomic E-state index is 0.259. The zero-order valence-electron chi connectivity index (χ0n) is 22.0. The highest BCUT2D eigenvalue weighted by atomic mass is 32.2. The number of benzene rings is 2. The number of thiophene rings is 1. The molecule has 1 aromatic heterocycles. The van der Waals surface area contributed by atoms with Gasteiger partial charge in [0.25, 0.3) is 0 Å². The first-order chi connectivity index (χ1) is 16.8. The van der Waals surface area contributed by atoms with Gasteiger partial charge >= 0.3 is 0 Å². The van der Waals surface area contributed by atoms with Gasteiger partial charge in [-0.15, -0.1) is 11.3 Å². The third-order valence-electron chi connectivity index (χ3n) is 7.04. The molecule has 1 aliphatic carbocycles. The predicted octanol–water partition coefficient (Wildman–Crippen LogP) is 10.1. The summed E-state index contributed by atoms with van der Waals surface area (Å²) in [7, 11) is 0. The maximum absolute atomic E-state index is 2.50. The van der Waals surface area contributed by atoms with E-state index in [1.165, 1.54) is 64.8 Å². The zero-order valence-corrected chi connectivity index (χ0v) is 23.6. The number of anilines is 1. The number of aryl methyl sites for hydroxylation is 3. The van der Waals surface area contributed by atoms with E-state index in [2.05, 4.69) is 101 Å². The van der Waals surface area contributed by atoms with Gasteiger partial charge in [0.1, 0.15) is 0 Å². The molecule has 0 saturated heterocycles. The van der Waals surface area contributed by atoms with Crippen LogP contribution in [0.15, 0.2) is 69.6 Å². The minimum atomic E-state index is 0.259. The van der Waals surface area contributed by atoms with Crippen LogP contribution in [0, 0.1) is 19.3 Å². The van der Waals surface area contributed by atoms with Crippen molar-refractivity contribution in [3.8, 4) is 0 Å². The normalized spacial score (nSPS) is 19.6. The summed E-state index contributed by atoms with van der Waals surface area (Å²) in [6.45, 7) is 14.8. The van der Waals surface area contributed by atoms with Crippen LogP contribution in [0.1, 0.15) is 68.5 Å². The summed E-state index contributed by atoms with van der Waals surface area (Å²) in [5.74, 6) is 0. The lowest BCUT2D eigenvalue weighted by molar-refractivity contribution is 0.356. The van der Waals surface area contributed by atoms with Crippen LogP contribution in [-0.2, 0) is 6.42 Å². The van der Waals surface area contributed by atoms with Gasteiger partial charge in [-0.3, -0.25) is 0 Å².